The fourth-order valence-corrected chi connectivity index (χ4v) is 1.64. The molecule has 3 nitrogen and oxygen atoms in total. The third-order valence-electron chi connectivity index (χ3n) is 2.50. The van der Waals surface area contributed by atoms with Crippen molar-refractivity contribution in [2.75, 3.05) is 13.1 Å². The van der Waals surface area contributed by atoms with Gasteiger partial charge in [0.2, 0.25) is 0 Å². The number of rotatable bonds is 5. The van der Waals surface area contributed by atoms with E-state index in [4.69, 9.17) is 0 Å². The predicted octanol–water partition coefficient (Wildman–Crippen LogP) is 2.19. The molecule has 0 fully saturated rings. The van der Waals surface area contributed by atoms with Crippen LogP contribution in [-0.4, -0.2) is 23.9 Å². The molecule has 0 aliphatic rings. The Morgan fingerprint density at radius 3 is 3.12 bits per heavy atom. The van der Waals surface area contributed by atoms with Crippen LogP contribution in [0.25, 0.3) is 10.9 Å². The molecule has 0 amide bonds. The van der Waals surface area contributed by atoms with E-state index in [1.54, 1.807) is 12.3 Å². The number of aromatic nitrogens is 1. The lowest BCUT2D eigenvalue weighted by molar-refractivity contribution is 0.0992. The molecule has 17 heavy (non-hydrogen) atoms. The lowest BCUT2D eigenvalue weighted by atomic mass is 10.1. The number of benzene rings is 1. The van der Waals surface area contributed by atoms with Gasteiger partial charge in [-0.1, -0.05) is 12.1 Å². The van der Waals surface area contributed by atoms with E-state index in [2.05, 4.69) is 16.9 Å². The first-order chi connectivity index (χ1) is 8.31. The lowest BCUT2D eigenvalue weighted by Crippen LogP contribution is -2.22. The fraction of sp³-hybridized carbons (Fsp3) is 0.143. The van der Waals surface area contributed by atoms with Crippen molar-refractivity contribution in [3.63, 3.8) is 0 Å². The van der Waals surface area contributed by atoms with Crippen LogP contribution in [0.15, 0.2) is 49.2 Å². The maximum atomic E-state index is 11.8. The zero-order chi connectivity index (χ0) is 12.1. The van der Waals surface area contributed by atoms with Gasteiger partial charge in [-0.15, -0.1) is 6.58 Å². The third kappa shape index (κ3) is 2.77. The number of pyridine rings is 1. The molecule has 0 unspecified atom stereocenters. The molecule has 3 heteroatoms. The van der Waals surface area contributed by atoms with Gasteiger partial charge in [-0.3, -0.25) is 9.78 Å². The van der Waals surface area contributed by atoms with Crippen molar-refractivity contribution >= 4 is 16.7 Å². The summed E-state index contributed by atoms with van der Waals surface area (Å²) in [4.78, 5) is 16.1. The summed E-state index contributed by atoms with van der Waals surface area (Å²) in [5.74, 6) is 0.0811. The van der Waals surface area contributed by atoms with E-state index in [1.807, 2.05) is 30.3 Å². The normalized spacial score (nSPS) is 10.4. The SMILES string of the molecule is C=CCNCC(=O)c1ccc2ncccc2c1. The minimum absolute atomic E-state index is 0.0811. The van der Waals surface area contributed by atoms with Crippen molar-refractivity contribution in [2.45, 2.75) is 0 Å². The predicted molar refractivity (Wildman–Crippen MR) is 69.1 cm³/mol. The topological polar surface area (TPSA) is 42.0 Å². The van der Waals surface area contributed by atoms with E-state index in [0.29, 0.717) is 18.7 Å². The second-order valence-electron chi connectivity index (χ2n) is 3.75. The average Bonchev–Trinajstić information content (AvgIpc) is 2.38. The van der Waals surface area contributed by atoms with Crippen molar-refractivity contribution in [2.24, 2.45) is 0 Å². The number of hydrogen-bond donors (Lipinski definition) is 1. The van der Waals surface area contributed by atoms with Crippen molar-refractivity contribution in [1.82, 2.24) is 10.3 Å². The minimum atomic E-state index is 0.0811. The summed E-state index contributed by atoms with van der Waals surface area (Å²) >= 11 is 0. The molecular weight excluding hydrogens is 212 g/mol. The van der Waals surface area contributed by atoms with Crippen LogP contribution in [0.1, 0.15) is 10.4 Å². The number of Topliss-reactive ketones (excluding diaryl/α,β-unsaturated/α-hetero) is 1. The highest BCUT2D eigenvalue weighted by Crippen LogP contribution is 2.13. The number of fused-ring (bicyclic) bond motifs is 1. The number of ketones is 1. The van der Waals surface area contributed by atoms with Crippen LogP contribution in [0, 0.1) is 0 Å². The first-order valence-corrected chi connectivity index (χ1v) is 5.51. The quantitative estimate of drug-likeness (QED) is 0.483. The molecule has 1 heterocycles. The van der Waals surface area contributed by atoms with Gasteiger partial charge in [0, 0.05) is 23.7 Å². The highest BCUT2D eigenvalue weighted by atomic mass is 16.1. The van der Waals surface area contributed by atoms with E-state index in [1.165, 1.54) is 0 Å². The summed E-state index contributed by atoms with van der Waals surface area (Å²) in [5.41, 5.74) is 1.62. The highest BCUT2D eigenvalue weighted by Gasteiger charge is 2.05. The van der Waals surface area contributed by atoms with Crippen LogP contribution in [0.3, 0.4) is 0 Å². The summed E-state index contributed by atoms with van der Waals surface area (Å²) in [6.07, 6.45) is 3.48. The summed E-state index contributed by atoms with van der Waals surface area (Å²) in [5, 5.41) is 3.99. The molecule has 0 spiro atoms. The van der Waals surface area contributed by atoms with Crippen LogP contribution < -0.4 is 5.32 Å². The zero-order valence-corrected chi connectivity index (χ0v) is 9.52. The molecule has 0 saturated carbocycles. The molecule has 2 rings (SSSR count). The molecule has 1 aromatic carbocycles. The van der Waals surface area contributed by atoms with Crippen LogP contribution in [0.4, 0.5) is 0 Å². The van der Waals surface area contributed by atoms with Gasteiger partial charge in [-0.2, -0.15) is 0 Å². The molecule has 1 aromatic heterocycles. The number of nitrogens with one attached hydrogen (secondary N) is 1. The Morgan fingerprint density at radius 2 is 2.29 bits per heavy atom. The fourth-order valence-electron chi connectivity index (χ4n) is 1.64. The monoisotopic (exact) mass is 226 g/mol. The number of carbonyl (C=O) groups is 1. The van der Waals surface area contributed by atoms with Gasteiger partial charge in [0.1, 0.15) is 0 Å². The minimum Gasteiger partial charge on any atom is -0.306 e. The van der Waals surface area contributed by atoms with E-state index in [0.717, 1.165) is 10.9 Å². The van der Waals surface area contributed by atoms with Crippen LogP contribution in [0.2, 0.25) is 0 Å². The first-order valence-electron chi connectivity index (χ1n) is 5.51. The van der Waals surface area contributed by atoms with E-state index in [9.17, 15) is 4.79 Å². The molecule has 2 aromatic rings. The zero-order valence-electron chi connectivity index (χ0n) is 9.52. The van der Waals surface area contributed by atoms with Gasteiger partial charge in [0.05, 0.1) is 12.1 Å². The van der Waals surface area contributed by atoms with Gasteiger partial charge in [-0.25, -0.2) is 0 Å². The Morgan fingerprint density at radius 1 is 1.41 bits per heavy atom. The Labute approximate surface area is 100 Å². The van der Waals surface area contributed by atoms with Gasteiger partial charge in [-0.05, 0) is 24.3 Å². The number of carbonyl (C=O) groups excluding carboxylic acids is 1. The lowest BCUT2D eigenvalue weighted by Gasteiger charge is -2.03. The third-order valence-corrected chi connectivity index (χ3v) is 2.50. The van der Waals surface area contributed by atoms with Gasteiger partial charge >= 0.3 is 0 Å². The van der Waals surface area contributed by atoms with Crippen LogP contribution in [0.5, 0.6) is 0 Å². The van der Waals surface area contributed by atoms with Gasteiger partial charge < -0.3 is 5.32 Å². The average molecular weight is 226 g/mol. The van der Waals surface area contributed by atoms with Crippen LogP contribution in [-0.2, 0) is 0 Å². The summed E-state index contributed by atoms with van der Waals surface area (Å²) in [7, 11) is 0. The summed E-state index contributed by atoms with van der Waals surface area (Å²) in [6.45, 7) is 4.56. The van der Waals surface area contributed by atoms with Crippen LogP contribution >= 0.6 is 0 Å². The van der Waals surface area contributed by atoms with Gasteiger partial charge in [0.15, 0.2) is 5.78 Å². The highest BCUT2D eigenvalue weighted by molar-refractivity contribution is 6.00. The number of hydrogen-bond acceptors (Lipinski definition) is 3. The molecule has 0 radical (unpaired) electrons. The summed E-state index contributed by atoms with van der Waals surface area (Å²) in [6, 6.07) is 9.38. The first kappa shape index (κ1) is 11.5. The molecule has 0 aliphatic carbocycles. The molecule has 0 aliphatic heterocycles. The standard InChI is InChI=1S/C14H14N2O/c1-2-7-15-10-14(17)12-5-6-13-11(9-12)4-3-8-16-13/h2-6,8-9,15H,1,7,10H2. The van der Waals surface area contributed by atoms with E-state index >= 15 is 0 Å². The largest absolute Gasteiger partial charge is 0.306 e. The smallest absolute Gasteiger partial charge is 0.176 e. The second kappa shape index (κ2) is 5.37. The maximum absolute atomic E-state index is 11.8. The second-order valence-corrected chi connectivity index (χ2v) is 3.75. The maximum Gasteiger partial charge on any atom is 0.176 e. The van der Waals surface area contributed by atoms with Crippen molar-refractivity contribution in [3.05, 3.63) is 54.7 Å². The molecular formula is C14H14N2O. The Bertz CT molecular complexity index is 549. The van der Waals surface area contributed by atoms with Crippen molar-refractivity contribution < 1.29 is 4.79 Å². The molecule has 0 bridgehead atoms. The molecule has 0 saturated heterocycles. The molecule has 86 valence electrons. The van der Waals surface area contributed by atoms with Crippen molar-refractivity contribution in [1.29, 1.82) is 0 Å². The Hall–Kier alpha value is -2.00. The molecule has 0 atom stereocenters. The molecule has 1 N–H and O–H groups in total. The Balaban J connectivity index is 2.18. The van der Waals surface area contributed by atoms with Gasteiger partial charge in [0.25, 0.3) is 0 Å². The Kier molecular flexibility index (Phi) is 3.62. The van der Waals surface area contributed by atoms with E-state index < -0.39 is 0 Å². The number of nitrogens with zero attached hydrogens (tertiary/aromatic N) is 1. The van der Waals surface area contributed by atoms with Crippen molar-refractivity contribution in [3.8, 4) is 0 Å². The summed E-state index contributed by atoms with van der Waals surface area (Å²) < 4.78 is 0. The van der Waals surface area contributed by atoms with E-state index in [-0.39, 0.29) is 5.78 Å².